The second-order valence-electron chi connectivity index (χ2n) is 8.60. The molecule has 0 bridgehead atoms. The normalized spacial score (nSPS) is 11.6. The maximum atomic E-state index is 3.50. The number of halogens is 1. The molecule has 0 atom stereocenters. The molecule has 0 saturated carbocycles. The van der Waals surface area contributed by atoms with Crippen LogP contribution in [0.5, 0.6) is 0 Å². The van der Waals surface area contributed by atoms with E-state index >= 15 is 0 Å². The zero-order chi connectivity index (χ0) is 23.9. The molecule has 5 aromatic carbocycles. The maximum Gasteiger partial charge on any atom is 0.116 e. The van der Waals surface area contributed by atoms with Crippen LogP contribution in [0, 0.1) is 0 Å². The van der Waals surface area contributed by atoms with Crippen molar-refractivity contribution in [2.24, 2.45) is 0 Å². The van der Waals surface area contributed by atoms with Gasteiger partial charge in [-0.1, -0.05) is 119 Å². The SMILES string of the molecule is Brc1ccc(/C=C/c2ccc(C[P+](c3ccccc3)(c3ccccc3)c3ccccc3)cc2)cc1. The molecule has 5 aromatic rings. The van der Waals surface area contributed by atoms with E-state index in [0.29, 0.717) is 0 Å². The molecule has 0 heterocycles. The van der Waals surface area contributed by atoms with E-state index in [1.54, 1.807) is 0 Å². The first-order valence-corrected chi connectivity index (χ1v) is 14.6. The number of hydrogen-bond donors (Lipinski definition) is 0. The Morgan fingerprint density at radius 2 is 0.829 bits per heavy atom. The molecule has 2 heteroatoms. The van der Waals surface area contributed by atoms with Crippen LogP contribution in [0.15, 0.2) is 144 Å². The molecule has 0 aromatic heterocycles. The van der Waals surface area contributed by atoms with Crippen molar-refractivity contribution in [3.05, 3.63) is 161 Å². The van der Waals surface area contributed by atoms with E-state index in [1.165, 1.54) is 32.6 Å². The lowest BCUT2D eigenvalue weighted by atomic mass is 10.1. The number of rotatable bonds is 7. The average Bonchev–Trinajstić information content (AvgIpc) is 2.93. The fourth-order valence-corrected chi connectivity index (χ4v) is 9.05. The maximum absolute atomic E-state index is 3.50. The van der Waals surface area contributed by atoms with Gasteiger partial charge in [-0.05, 0) is 65.2 Å². The summed E-state index contributed by atoms with van der Waals surface area (Å²) in [5.41, 5.74) is 3.76. The zero-order valence-corrected chi connectivity index (χ0v) is 21.9. The second kappa shape index (κ2) is 11.0. The van der Waals surface area contributed by atoms with Gasteiger partial charge < -0.3 is 0 Å². The van der Waals surface area contributed by atoms with Gasteiger partial charge in [-0.15, -0.1) is 0 Å². The molecule has 0 aliphatic heterocycles. The average molecular weight is 534 g/mol. The van der Waals surface area contributed by atoms with E-state index in [9.17, 15) is 0 Å². The van der Waals surface area contributed by atoms with Crippen molar-refractivity contribution in [2.45, 2.75) is 6.16 Å². The van der Waals surface area contributed by atoms with Crippen molar-refractivity contribution < 1.29 is 0 Å². The Morgan fingerprint density at radius 1 is 0.457 bits per heavy atom. The third-order valence-electron chi connectivity index (χ3n) is 6.33. The van der Waals surface area contributed by atoms with Crippen molar-refractivity contribution in [3.63, 3.8) is 0 Å². The van der Waals surface area contributed by atoms with E-state index in [1.807, 2.05) is 0 Å². The smallest absolute Gasteiger partial charge is 0.0620 e. The minimum atomic E-state index is -1.88. The van der Waals surface area contributed by atoms with Crippen molar-refractivity contribution in [1.82, 2.24) is 0 Å². The topological polar surface area (TPSA) is 0 Å². The van der Waals surface area contributed by atoms with Gasteiger partial charge in [0.25, 0.3) is 0 Å². The minimum Gasteiger partial charge on any atom is -0.0620 e. The Labute approximate surface area is 217 Å². The molecule has 170 valence electrons. The van der Waals surface area contributed by atoms with Gasteiger partial charge in [-0.2, -0.15) is 0 Å². The van der Waals surface area contributed by atoms with Crippen molar-refractivity contribution in [1.29, 1.82) is 0 Å². The van der Waals surface area contributed by atoms with E-state index in [4.69, 9.17) is 0 Å². The van der Waals surface area contributed by atoms with E-state index in [-0.39, 0.29) is 0 Å². The fourth-order valence-electron chi connectivity index (χ4n) is 4.54. The Bertz CT molecular complexity index is 1280. The summed E-state index contributed by atoms with van der Waals surface area (Å²) in [4.78, 5) is 0. The highest BCUT2D eigenvalue weighted by atomic mass is 79.9. The summed E-state index contributed by atoms with van der Waals surface area (Å²) in [5, 5.41) is 4.24. The molecule has 0 N–H and O–H groups in total. The summed E-state index contributed by atoms with van der Waals surface area (Å²) in [6.45, 7) is 0. The first-order valence-electron chi connectivity index (χ1n) is 11.8. The van der Waals surface area contributed by atoms with Gasteiger partial charge in [0, 0.05) is 4.47 Å². The Kier molecular flexibility index (Phi) is 7.38. The number of benzene rings is 5. The van der Waals surface area contributed by atoms with Crippen LogP contribution in [-0.2, 0) is 6.16 Å². The van der Waals surface area contributed by atoms with E-state index in [2.05, 4.69) is 168 Å². The predicted molar refractivity (Wildman–Crippen MR) is 158 cm³/mol. The molecule has 5 rings (SSSR count). The first kappa shape index (κ1) is 23.5. The molecule has 0 amide bonds. The van der Waals surface area contributed by atoms with Crippen LogP contribution in [0.1, 0.15) is 16.7 Å². The molecule has 0 aliphatic carbocycles. The van der Waals surface area contributed by atoms with Crippen LogP contribution in [0.2, 0.25) is 0 Å². The highest BCUT2D eigenvalue weighted by molar-refractivity contribution is 9.10. The summed E-state index contributed by atoms with van der Waals surface area (Å²) in [7, 11) is -1.88. The third-order valence-corrected chi connectivity index (χ3v) is 11.2. The van der Waals surface area contributed by atoms with Crippen molar-refractivity contribution >= 4 is 51.3 Å². The van der Waals surface area contributed by atoms with Gasteiger partial charge in [-0.25, -0.2) is 0 Å². The van der Waals surface area contributed by atoms with Gasteiger partial charge in [0.05, 0.1) is 6.16 Å². The molecule has 0 saturated heterocycles. The largest absolute Gasteiger partial charge is 0.116 e. The van der Waals surface area contributed by atoms with Crippen LogP contribution in [0.4, 0.5) is 0 Å². The Balaban J connectivity index is 1.54. The minimum absolute atomic E-state index is 0.988. The number of hydrogen-bond acceptors (Lipinski definition) is 0. The van der Waals surface area contributed by atoms with Crippen molar-refractivity contribution in [3.8, 4) is 0 Å². The second-order valence-corrected chi connectivity index (χ2v) is 13.0. The lowest BCUT2D eigenvalue weighted by Crippen LogP contribution is -2.32. The van der Waals surface area contributed by atoms with Gasteiger partial charge in [0.15, 0.2) is 0 Å². The van der Waals surface area contributed by atoms with Crippen LogP contribution in [-0.4, -0.2) is 0 Å². The van der Waals surface area contributed by atoms with E-state index < -0.39 is 7.26 Å². The quantitative estimate of drug-likeness (QED) is 0.146. The molecular formula is C33H27BrP+. The lowest BCUT2D eigenvalue weighted by molar-refractivity contribution is 1.38. The van der Waals surface area contributed by atoms with Crippen molar-refractivity contribution in [2.75, 3.05) is 0 Å². The van der Waals surface area contributed by atoms with E-state index in [0.717, 1.165) is 10.6 Å². The first-order chi connectivity index (χ1) is 17.2. The Hall–Kier alpha value is -3.25. The van der Waals surface area contributed by atoms with Crippen LogP contribution in [0.3, 0.4) is 0 Å². The lowest BCUT2D eigenvalue weighted by Gasteiger charge is -2.28. The highest BCUT2D eigenvalue weighted by Gasteiger charge is 2.45. The summed E-state index contributed by atoms with van der Waals surface area (Å²) >= 11 is 3.50. The van der Waals surface area contributed by atoms with Crippen LogP contribution in [0.25, 0.3) is 12.2 Å². The standard InChI is InChI=1S/C33H27BrP/c34-30-24-22-28(23-25-30)17-16-27-18-20-29(21-19-27)26-35(31-10-4-1-5-11-31,32-12-6-2-7-13-32)33-14-8-3-9-15-33/h1-25H,26H2/q+1/b17-16+. The van der Waals surface area contributed by atoms with Gasteiger partial charge in [0.2, 0.25) is 0 Å². The van der Waals surface area contributed by atoms with Crippen LogP contribution >= 0.6 is 23.2 Å². The van der Waals surface area contributed by atoms with Gasteiger partial charge >= 0.3 is 0 Å². The molecule has 0 nitrogen and oxygen atoms in total. The molecule has 35 heavy (non-hydrogen) atoms. The molecule has 0 spiro atoms. The third kappa shape index (κ3) is 5.38. The summed E-state index contributed by atoms with van der Waals surface area (Å²) in [6.07, 6.45) is 5.33. The summed E-state index contributed by atoms with van der Waals surface area (Å²) in [5.74, 6) is 0. The highest BCUT2D eigenvalue weighted by Crippen LogP contribution is 2.58. The fraction of sp³-hybridized carbons (Fsp3) is 0.0303. The Morgan fingerprint density at radius 3 is 1.23 bits per heavy atom. The predicted octanol–water partition coefficient (Wildman–Crippen LogP) is 8.11. The molecule has 0 fully saturated rings. The molecule has 0 unspecified atom stereocenters. The molecular weight excluding hydrogens is 507 g/mol. The summed E-state index contributed by atoms with van der Waals surface area (Å²) < 4.78 is 1.10. The zero-order valence-electron chi connectivity index (χ0n) is 19.5. The van der Waals surface area contributed by atoms with Crippen LogP contribution < -0.4 is 15.9 Å². The van der Waals surface area contributed by atoms with Gasteiger partial charge in [-0.3, -0.25) is 0 Å². The van der Waals surface area contributed by atoms with Gasteiger partial charge in [0.1, 0.15) is 23.2 Å². The monoisotopic (exact) mass is 533 g/mol. The molecule has 0 radical (unpaired) electrons. The summed E-state index contributed by atoms with van der Waals surface area (Å²) in [6, 6.07) is 50.7. The molecule has 0 aliphatic rings.